The molecular formula is C20H15FIN3O2. The van der Waals surface area contributed by atoms with E-state index in [4.69, 9.17) is 4.74 Å². The van der Waals surface area contributed by atoms with Crippen molar-refractivity contribution in [3.63, 3.8) is 0 Å². The number of nitrogens with one attached hydrogen (secondary N) is 2. The summed E-state index contributed by atoms with van der Waals surface area (Å²) in [4.78, 5) is 14.6. The first-order valence-corrected chi connectivity index (χ1v) is 9.37. The van der Waals surface area contributed by atoms with E-state index in [0.29, 0.717) is 26.1 Å². The molecule has 7 heteroatoms. The largest absolute Gasteiger partial charge is 0.451 e. The molecular weight excluding hydrogens is 460 g/mol. The van der Waals surface area contributed by atoms with E-state index in [1.165, 1.54) is 0 Å². The Balaban J connectivity index is 1.71. The molecule has 0 aliphatic heterocycles. The second-order valence-corrected chi connectivity index (χ2v) is 7.36. The van der Waals surface area contributed by atoms with Crippen LogP contribution in [-0.4, -0.2) is 15.2 Å². The molecule has 0 saturated carbocycles. The summed E-state index contributed by atoms with van der Waals surface area (Å²) in [5.74, 6) is 0.303. The van der Waals surface area contributed by atoms with E-state index < -0.39 is 5.82 Å². The molecule has 2 aromatic heterocycles. The molecule has 2 N–H and O–H groups in total. The Bertz CT molecular complexity index is 1200. The molecule has 0 atom stereocenters. The molecule has 0 bridgehead atoms. The van der Waals surface area contributed by atoms with Gasteiger partial charge in [0.2, 0.25) is 0 Å². The molecule has 27 heavy (non-hydrogen) atoms. The molecule has 2 aromatic carbocycles. The highest BCUT2D eigenvalue weighted by Crippen LogP contribution is 2.35. The van der Waals surface area contributed by atoms with Gasteiger partial charge in [0.1, 0.15) is 0 Å². The molecule has 5 nitrogen and oxygen atoms in total. The van der Waals surface area contributed by atoms with Gasteiger partial charge in [-0.1, -0.05) is 18.2 Å². The summed E-state index contributed by atoms with van der Waals surface area (Å²) in [6.07, 6.45) is 2.07. The number of benzene rings is 2. The van der Waals surface area contributed by atoms with Crippen LogP contribution in [0.5, 0.6) is 11.5 Å². The van der Waals surface area contributed by atoms with Crippen LogP contribution in [0.25, 0.3) is 10.9 Å². The zero-order valence-electron chi connectivity index (χ0n) is 14.3. The van der Waals surface area contributed by atoms with Gasteiger partial charge in [-0.3, -0.25) is 4.79 Å². The Morgan fingerprint density at radius 2 is 2.07 bits per heavy atom. The summed E-state index contributed by atoms with van der Waals surface area (Å²) in [5, 5.41) is 7.41. The molecule has 0 fully saturated rings. The zero-order valence-corrected chi connectivity index (χ0v) is 16.5. The van der Waals surface area contributed by atoms with Gasteiger partial charge in [0, 0.05) is 23.6 Å². The maximum Gasteiger partial charge on any atom is 0.267 e. The van der Waals surface area contributed by atoms with E-state index in [-0.39, 0.29) is 17.7 Å². The van der Waals surface area contributed by atoms with Crippen molar-refractivity contribution in [1.82, 2.24) is 15.2 Å². The highest BCUT2D eigenvalue weighted by molar-refractivity contribution is 14.1. The number of para-hydroxylation sites is 1. The summed E-state index contributed by atoms with van der Waals surface area (Å²) in [6, 6.07) is 12.7. The van der Waals surface area contributed by atoms with Gasteiger partial charge >= 0.3 is 0 Å². The number of halogens is 2. The monoisotopic (exact) mass is 475 g/mol. The van der Waals surface area contributed by atoms with Crippen LogP contribution in [0.4, 0.5) is 4.39 Å². The van der Waals surface area contributed by atoms with Gasteiger partial charge in [-0.2, -0.15) is 5.10 Å². The summed E-state index contributed by atoms with van der Waals surface area (Å²) >= 11 is 2.05. The van der Waals surface area contributed by atoms with Crippen molar-refractivity contribution in [1.29, 1.82) is 0 Å². The first-order chi connectivity index (χ1) is 13.0. The van der Waals surface area contributed by atoms with Gasteiger partial charge in [0.15, 0.2) is 17.3 Å². The van der Waals surface area contributed by atoms with Crippen molar-refractivity contribution in [3.05, 3.63) is 85.2 Å². The molecule has 0 aliphatic carbocycles. The topological polar surface area (TPSA) is 70.8 Å². The van der Waals surface area contributed by atoms with E-state index >= 15 is 4.39 Å². The van der Waals surface area contributed by atoms with Crippen molar-refractivity contribution in [3.8, 4) is 11.5 Å². The molecule has 0 saturated heterocycles. The number of aryl methyl sites for hydroxylation is 1. The quantitative estimate of drug-likeness (QED) is 0.421. The number of H-pyrrole nitrogens is 2. The Morgan fingerprint density at radius 3 is 2.89 bits per heavy atom. The molecule has 4 aromatic rings. The average Bonchev–Trinajstić information content (AvgIpc) is 3.13. The third kappa shape index (κ3) is 3.46. The maximum absolute atomic E-state index is 15.2. The fourth-order valence-electron chi connectivity index (χ4n) is 2.90. The number of fused-ring (bicyclic) bond motifs is 1. The minimum Gasteiger partial charge on any atom is -0.451 e. The Kier molecular flexibility index (Phi) is 4.69. The van der Waals surface area contributed by atoms with Crippen molar-refractivity contribution in [2.45, 2.75) is 13.3 Å². The number of nitrogens with zero attached hydrogens (tertiary/aromatic N) is 1. The van der Waals surface area contributed by atoms with Crippen LogP contribution >= 0.6 is 22.6 Å². The van der Waals surface area contributed by atoms with E-state index in [1.807, 2.05) is 30.5 Å². The van der Waals surface area contributed by atoms with Crippen LogP contribution in [0.15, 0.2) is 53.5 Å². The lowest BCUT2D eigenvalue weighted by Crippen LogP contribution is -2.13. The Morgan fingerprint density at radius 1 is 1.22 bits per heavy atom. The highest BCUT2D eigenvalue weighted by atomic mass is 127. The second-order valence-electron chi connectivity index (χ2n) is 6.20. The second kappa shape index (κ2) is 7.15. The lowest BCUT2D eigenvalue weighted by Gasteiger charge is -2.13. The average molecular weight is 475 g/mol. The minimum absolute atomic E-state index is 0.177. The number of aromatic nitrogens is 3. The predicted molar refractivity (Wildman–Crippen MR) is 110 cm³/mol. The zero-order chi connectivity index (χ0) is 19.0. The molecule has 0 spiro atoms. The first-order valence-electron chi connectivity index (χ1n) is 8.29. The summed E-state index contributed by atoms with van der Waals surface area (Å²) < 4.78 is 21.8. The number of hydrogen-bond donors (Lipinski definition) is 2. The van der Waals surface area contributed by atoms with Crippen molar-refractivity contribution < 1.29 is 9.13 Å². The normalized spacial score (nSPS) is 11.1. The summed E-state index contributed by atoms with van der Waals surface area (Å²) in [6.45, 7) is 1.69. The number of ether oxygens (including phenoxy) is 1. The van der Waals surface area contributed by atoms with E-state index in [2.05, 4.69) is 37.8 Å². The van der Waals surface area contributed by atoms with Crippen LogP contribution in [0.3, 0.4) is 0 Å². The maximum atomic E-state index is 15.2. The molecule has 0 amide bonds. The van der Waals surface area contributed by atoms with Crippen LogP contribution in [-0.2, 0) is 6.42 Å². The van der Waals surface area contributed by atoms with Gasteiger partial charge in [-0.05, 0) is 59.3 Å². The molecule has 0 radical (unpaired) electrons. The van der Waals surface area contributed by atoms with Crippen LogP contribution < -0.4 is 10.3 Å². The standard InChI is InChI=1S/C20H15FIN3O2/c1-11-9-14(24-25-20(11)26)10-13-5-6-15(22)19(17(13)21)27-16-4-2-3-12-7-8-23-18(12)16/h2-9,23H,10H2,1H3,(H,25,26). The lowest BCUT2D eigenvalue weighted by atomic mass is 10.1. The van der Waals surface area contributed by atoms with Gasteiger partial charge in [-0.15, -0.1) is 0 Å². The van der Waals surface area contributed by atoms with Crippen LogP contribution in [0.2, 0.25) is 0 Å². The van der Waals surface area contributed by atoms with E-state index in [1.54, 1.807) is 25.1 Å². The Hall–Kier alpha value is -2.68. The fourth-order valence-corrected chi connectivity index (χ4v) is 3.43. The minimum atomic E-state index is -0.434. The number of aromatic amines is 2. The SMILES string of the molecule is Cc1cc(Cc2ccc(I)c(Oc3cccc4cc[nH]c34)c2F)n[nH]c1=O. The molecule has 4 rings (SSSR count). The summed E-state index contributed by atoms with van der Waals surface area (Å²) in [5.41, 5.74) is 2.15. The predicted octanol–water partition coefficient (Wildman–Crippen LogP) is 4.69. The third-order valence-corrected chi connectivity index (χ3v) is 5.15. The third-order valence-electron chi connectivity index (χ3n) is 4.30. The van der Waals surface area contributed by atoms with E-state index in [9.17, 15) is 4.79 Å². The smallest absolute Gasteiger partial charge is 0.267 e. The molecule has 0 unspecified atom stereocenters. The molecule has 0 aliphatic rings. The molecule has 136 valence electrons. The van der Waals surface area contributed by atoms with Gasteiger partial charge in [0.05, 0.1) is 14.8 Å². The van der Waals surface area contributed by atoms with Gasteiger partial charge in [0.25, 0.3) is 5.56 Å². The van der Waals surface area contributed by atoms with Crippen LogP contribution in [0.1, 0.15) is 16.8 Å². The van der Waals surface area contributed by atoms with Crippen LogP contribution in [0, 0.1) is 16.3 Å². The van der Waals surface area contributed by atoms with E-state index in [0.717, 1.165) is 10.9 Å². The van der Waals surface area contributed by atoms with Crippen molar-refractivity contribution in [2.24, 2.45) is 0 Å². The first kappa shape index (κ1) is 17.7. The summed E-state index contributed by atoms with van der Waals surface area (Å²) in [7, 11) is 0. The van der Waals surface area contributed by atoms with Gasteiger partial charge in [-0.25, -0.2) is 9.49 Å². The van der Waals surface area contributed by atoms with Gasteiger partial charge < -0.3 is 9.72 Å². The fraction of sp³-hybridized carbons (Fsp3) is 0.100. The van der Waals surface area contributed by atoms with Crippen molar-refractivity contribution in [2.75, 3.05) is 0 Å². The van der Waals surface area contributed by atoms with Crippen molar-refractivity contribution >= 4 is 33.5 Å². The number of rotatable bonds is 4. The number of hydrogen-bond acceptors (Lipinski definition) is 3. The molecule has 2 heterocycles. The Labute approximate surface area is 167 Å². The lowest BCUT2D eigenvalue weighted by molar-refractivity contribution is 0.439. The highest BCUT2D eigenvalue weighted by Gasteiger charge is 2.17.